The van der Waals surface area contributed by atoms with Gasteiger partial charge in [-0.3, -0.25) is 4.79 Å². The van der Waals surface area contributed by atoms with Crippen molar-refractivity contribution in [1.29, 1.82) is 0 Å². The fraction of sp³-hybridized carbons (Fsp3) is 0.625. The number of carbonyl (C=O) groups excluding carboxylic acids is 1. The van der Waals surface area contributed by atoms with Crippen molar-refractivity contribution in [3.05, 3.63) is 12.2 Å². The van der Waals surface area contributed by atoms with Gasteiger partial charge < -0.3 is 15.6 Å². The lowest BCUT2D eigenvalue weighted by molar-refractivity contribution is -0.122. The van der Waals surface area contributed by atoms with E-state index in [1.165, 1.54) is 6.39 Å². The Morgan fingerprint density at radius 2 is 2.43 bits per heavy atom. The molecule has 14 heavy (non-hydrogen) atoms. The van der Waals surface area contributed by atoms with Crippen LogP contribution in [-0.4, -0.2) is 21.6 Å². The van der Waals surface area contributed by atoms with E-state index in [-0.39, 0.29) is 18.9 Å². The van der Waals surface area contributed by atoms with Crippen molar-refractivity contribution in [2.24, 2.45) is 5.73 Å². The molecule has 0 aliphatic rings. The number of aromatic nitrogens is 2. The number of hydrogen-bond acceptors (Lipinski definition) is 5. The van der Waals surface area contributed by atoms with Crippen LogP contribution in [0.1, 0.15) is 26.1 Å². The molecule has 0 bridgehead atoms. The Morgan fingerprint density at radius 1 is 1.71 bits per heavy atom. The Labute approximate surface area is 81.9 Å². The van der Waals surface area contributed by atoms with Crippen molar-refractivity contribution in [1.82, 2.24) is 15.5 Å². The molecule has 0 unspecified atom stereocenters. The van der Waals surface area contributed by atoms with Gasteiger partial charge in [0.2, 0.25) is 12.3 Å². The SMILES string of the molecule is CC(C)(N)CC(=O)NCc1ncon1. The Hall–Kier alpha value is -1.43. The minimum Gasteiger partial charge on any atom is -0.349 e. The van der Waals surface area contributed by atoms with Crippen LogP contribution in [0, 0.1) is 0 Å². The molecule has 6 nitrogen and oxygen atoms in total. The number of nitrogens with two attached hydrogens (primary N) is 1. The number of nitrogens with zero attached hydrogens (tertiary/aromatic N) is 2. The van der Waals surface area contributed by atoms with Gasteiger partial charge in [-0.15, -0.1) is 0 Å². The first-order chi connectivity index (χ1) is 6.47. The zero-order valence-corrected chi connectivity index (χ0v) is 8.28. The molecule has 78 valence electrons. The Balaban J connectivity index is 2.29. The van der Waals surface area contributed by atoms with Gasteiger partial charge in [0, 0.05) is 12.0 Å². The van der Waals surface area contributed by atoms with Crippen molar-refractivity contribution < 1.29 is 9.32 Å². The number of nitrogens with one attached hydrogen (secondary N) is 1. The molecular weight excluding hydrogens is 184 g/mol. The highest BCUT2D eigenvalue weighted by Gasteiger charge is 2.16. The van der Waals surface area contributed by atoms with Crippen molar-refractivity contribution in [2.75, 3.05) is 0 Å². The van der Waals surface area contributed by atoms with Crippen molar-refractivity contribution >= 4 is 5.91 Å². The van der Waals surface area contributed by atoms with Gasteiger partial charge in [-0.25, -0.2) is 0 Å². The molecule has 0 radical (unpaired) electrons. The molecule has 0 saturated carbocycles. The van der Waals surface area contributed by atoms with Gasteiger partial charge in [-0.05, 0) is 13.8 Å². The Kier molecular flexibility index (Phi) is 3.19. The molecule has 3 N–H and O–H groups in total. The molecule has 1 aromatic rings. The lowest BCUT2D eigenvalue weighted by Gasteiger charge is -2.16. The third-order valence-corrected chi connectivity index (χ3v) is 1.47. The lowest BCUT2D eigenvalue weighted by atomic mass is 10.0. The predicted octanol–water partition coefficient (Wildman–Crippen LogP) is -0.187. The molecule has 0 aliphatic heterocycles. The van der Waals surface area contributed by atoms with E-state index in [9.17, 15) is 4.79 Å². The third-order valence-electron chi connectivity index (χ3n) is 1.47. The van der Waals surface area contributed by atoms with Crippen LogP contribution in [0.25, 0.3) is 0 Å². The maximum atomic E-state index is 11.3. The zero-order valence-electron chi connectivity index (χ0n) is 8.28. The summed E-state index contributed by atoms with van der Waals surface area (Å²) >= 11 is 0. The minimum absolute atomic E-state index is 0.123. The number of hydrogen-bond donors (Lipinski definition) is 2. The van der Waals surface area contributed by atoms with E-state index >= 15 is 0 Å². The van der Waals surface area contributed by atoms with E-state index in [1.807, 2.05) is 0 Å². The van der Waals surface area contributed by atoms with Crippen LogP contribution in [0.3, 0.4) is 0 Å². The quantitative estimate of drug-likeness (QED) is 0.699. The summed E-state index contributed by atoms with van der Waals surface area (Å²) in [5.41, 5.74) is 5.18. The summed E-state index contributed by atoms with van der Waals surface area (Å²) in [4.78, 5) is 15.0. The minimum atomic E-state index is -0.499. The van der Waals surface area contributed by atoms with Crippen LogP contribution in [-0.2, 0) is 11.3 Å². The van der Waals surface area contributed by atoms with Crippen molar-refractivity contribution in [3.8, 4) is 0 Å². The Morgan fingerprint density at radius 3 is 2.93 bits per heavy atom. The van der Waals surface area contributed by atoms with Crippen LogP contribution >= 0.6 is 0 Å². The van der Waals surface area contributed by atoms with E-state index in [0.29, 0.717) is 5.82 Å². The predicted molar refractivity (Wildman–Crippen MR) is 49.0 cm³/mol. The Bertz CT molecular complexity index is 289. The summed E-state index contributed by atoms with van der Waals surface area (Å²) in [5, 5.41) is 6.19. The number of rotatable bonds is 4. The molecule has 1 amide bonds. The fourth-order valence-electron chi connectivity index (χ4n) is 0.924. The van der Waals surface area contributed by atoms with E-state index in [0.717, 1.165) is 0 Å². The van der Waals surface area contributed by atoms with Crippen LogP contribution in [0.15, 0.2) is 10.9 Å². The number of amides is 1. The smallest absolute Gasteiger partial charge is 0.222 e. The van der Waals surface area contributed by atoms with Crippen LogP contribution < -0.4 is 11.1 Å². The topological polar surface area (TPSA) is 94.0 Å². The maximum absolute atomic E-state index is 11.3. The average Bonchev–Trinajstić information content (AvgIpc) is 2.49. The maximum Gasteiger partial charge on any atom is 0.222 e. The zero-order chi connectivity index (χ0) is 10.6. The first-order valence-electron chi connectivity index (χ1n) is 4.28. The lowest BCUT2D eigenvalue weighted by Crippen LogP contribution is -2.38. The molecule has 0 atom stereocenters. The standard InChI is InChI=1S/C8H14N4O2/c1-8(2,9)3-7(13)10-4-6-11-5-14-12-6/h5H,3-4,9H2,1-2H3,(H,10,13). The first kappa shape index (κ1) is 10.6. The van der Waals surface area contributed by atoms with E-state index in [1.54, 1.807) is 13.8 Å². The summed E-state index contributed by atoms with van der Waals surface area (Å²) < 4.78 is 4.51. The van der Waals surface area contributed by atoms with E-state index in [4.69, 9.17) is 5.73 Å². The molecule has 0 spiro atoms. The monoisotopic (exact) mass is 198 g/mol. The summed E-state index contributed by atoms with van der Waals surface area (Å²) in [7, 11) is 0. The molecule has 6 heteroatoms. The second-order valence-corrected chi connectivity index (χ2v) is 3.79. The third kappa shape index (κ3) is 3.99. The average molecular weight is 198 g/mol. The van der Waals surface area contributed by atoms with Gasteiger partial charge in [0.15, 0.2) is 5.82 Å². The molecule has 0 aromatic carbocycles. The van der Waals surface area contributed by atoms with Gasteiger partial charge >= 0.3 is 0 Å². The molecule has 1 heterocycles. The first-order valence-corrected chi connectivity index (χ1v) is 4.28. The van der Waals surface area contributed by atoms with Gasteiger partial charge in [-0.1, -0.05) is 5.16 Å². The summed E-state index contributed by atoms with van der Waals surface area (Å²) in [6, 6.07) is 0. The highest BCUT2D eigenvalue weighted by molar-refractivity contribution is 5.76. The highest BCUT2D eigenvalue weighted by Crippen LogP contribution is 2.02. The second kappa shape index (κ2) is 4.19. The molecule has 0 saturated heterocycles. The summed E-state index contributed by atoms with van der Waals surface area (Å²) in [5.74, 6) is 0.329. The molecule has 1 aromatic heterocycles. The molecular formula is C8H14N4O2. The van der Waals surface area contributed by atoms with Crippen molar-refractivity contribution in [3.63, 3.8) is 0 Å². The van der Waals surface area contributed by atoms with Crippen LogP contribution in [0.2, 0.25) is 0 Å². The van der Waals surface area contributed by atoms with Gasteiger partial charge in [0.05, 0.1) is 6.54 Å². The second-order valence-electron chi connectivity index (χ2n) is 3.79. The summed E-state index contributed by atoms with van der Waals surface area (Å²) in [6.45, 7) is 3.85. The van der Waals surface area contributed by atoms with Crippen LogP contribution in [0.5, 0.6) is 0 Å². The fourth-order valence-corrected chi connectivity index (χ4v) is 0.924. The number of carbonyl (C=O) groups is 1. The molecule has 0 fully saturated rings. The highest BCUT2D eigenvalue weighted by atomic mass is 16.5. The van der Waals surface area contributed by atoms with Gasteiger partial charge in [0.25, 0.3) is 0 Å². The van der Waals surface area contributed by atoms with Crippen LogP contribution in [0.4, 0.5) is 0 Å². The normalized spacial score (nSPS) is 11.4. The van der Waals surface area contributed by atoms with E-state index < -0.39 is 5.54 Å². The van der Waals surface area contributed by atoms with E-state index in [2.05, 4.69) is 20.0 Å². The molecule has 0 aliphatic carbocycles. The summed E-state index contributed by atoms with van der Waals surface area (Å²) in [6.07, 6.45) is 1.49. The largest absolute Gasteiger partial charge is 0.349 e. The molecule has 1 rings (SSSR count). The van der Waals surface area contributed by atoms with Gasteiger partial charge in [0.1, 0.15) is 0 Å². The van der Waals surface area contributed by atoms with Gasteiger partial charge in [-0.2, -0.15) is 4.98 Å². The van der Waals surface area contributed by atoms with Crippen molar-refractivity contribution in [2.45, 2.75) is 32.4 Å².